The Bertz CT molecular complexity index is 1030. The molecule has 1 unspecified atom stereocenters. The number of amides is 2. The van der Waals surface area contributed by atoms with Gasteiger partial charge in [0.2, 0.25) is 11.8 Å². The Labute approximate surface area is 193 Å². The van der Waals surface area contributed by atoms with Crippen LogP contribution in [0.3, 0.4) is 0 Å². The molecule has 13 nitrogen and oxygen atoms in total. The molecular weight excluding hydrogens is 450 g/mol. The number of carbonyl (C=O) groups excluding carboxylic acids is 2. The third kappa shape index (κ3) is 8.63. The van der Waals surface area contributed by atoms with E-state index in [1.807, 2.05) is 0 Å². The van der Waals surface area contributed by atoms with Crippen molar-refractivity contribution in [1.29, 1.82) is 0 Å². The number of nitrogens with zero attached hydrogens (tertiary/aromatic N) is 3. The van der Waals surface area contributed by atoms with E-state index in [1.54, 1.807) is 24.4 Å². The van der Waals surface area contributed by atoms with Gasteiger partial charge in [-0.25, -0.2) is 0 Å². The fraction of sp³-hybridized carbons (Fsp3) is 0.286. The second kappa shape index (κ2) is 12.6. The second-order valence-corrected chi connectivity index (χ2v) is 7.17. The lowest BCUT2D eigenvalue weighted by Crippen LogP contribution is -2.44. The Hall–Kier alpha value is -4.39. The summed E-state index contributed by atoms with van der Waals surface area (Å²) in [5.41, 5.74) is 0.329. The predicted octanol–water partition coefficient (Wildman–Crippen LogP) is 0.325. The van der Waals surface area contributed by atoms with Crippen molar-refractivity contribution in [3.05, 3.63) is 70.0 Å². The first-order valence-corrected chi connectivity index (χ1v) is 10.0. The number of nitro groups is 1. The molecule has 0 aliphatic rings. The van der Waals surface area contributed by atoms with Crippen LogP contribution in [0.5, 0.6) is 0 Å². The fourth-order valence-corrected chi connectivity index (χ4v) is 3.13. The molecule has 1 heterocycles. The van der Waals surface area contributed by atoms with Gasteiger partial charge in [-0.15, -0.1) is 0 Å². The summed E-state index contributed by atoms with van der Waals surface area (Å²) in [6.07, 6.45) is 1.19. The molecule has 0 spiro atoms. The van der Waals surface area contributed by atoms with Crippen LogP contribution in [0, 0.1) is 10.1 Å². The summed E-state index contributed by atoms with van der Waals surface area (Å²) >= 11 is 0. The van der Waals surface area contributed by atoms with Crippen molar-refractivity contribution in [2.24, 2.45) is 0 Å². The smallest absolute Gasteiger partial charge is 0.317 e. The summed E-state index contributed by atoms with van der Waals surface area (Å²) in [4.78, 5) is 62.9. The number of carboxylic acid groups (broad SMARTS) is 2. The molecule has 1 atom stereocenters. The third-order valence-corrected chi connectivity index (χ3v) is 4.51. The number of aromatic nitrogens is 1. The van der Waals surface area contributed by atoms with Crippen LogP contribution in [-0.2, 0) is 25.7 Å². The number of hydrogen-bond acceptors (Lipinski definition) is 8. The molecule has 2 amide bonds. The highest BCUT2D eigenvalue weighted by atomic mass is 16.6. The van der Waals surface area contributed by atoms with Gasteiger partial charge in [0.05, 0.1) is 54.8 Å². The summed E-state index contributed by atoms with van der Waals surface area (Å²) < 4.78 is 0. The van der Waals surface area contributed by atoms with Crippen LogP contribution >= 0.6 is 0 Å². The average molecular weight is 473 g/mol. The van der Waals surface area contributed by atoms with E-state index in [9.17, 15) is 29.3 Å². The third-order valence-electron chi connectivity index (χ3n) is 4.51. The van der Waals surface area contributed by atoms with Gasteiger partial charge in [-0.3, -0.25) is 39.2 Å². The maximum absolute atomic E-state index is 12.6. The van der Waals surface area contributed by atoms with Crippen LogP contribution < -0.4 is 10.6 Å². The summed E-state index contributed by atoms with van der Waals surface area (Å²) in [6, 6.07) is 9.57. The van der Waals surface area contributed by atoms with Crippen molar-refractivity contribution >= 4 is 29.4 Å². The Kier molecular flexibility index (Phi) is 9.58. The average Bonchev–Trinajstić information content (AvgIpc) is 2.77. The van der Waals surface area contributed by atoms with Crippen molar-refractivity contribution < 1.29 is 34.3 Å². The zero-order valence-electron chi connectivity index (χ0n) is 17.9. The molecule has 2 rings (SSSR count). The molecule has 2 aromatic rings. The number of benzene rings is 1. The highest BCUT2D eigenvalue weighted by Crippen LogP contribution is 2.27. The number of rotatable bonds is 13. The predicted molar refractivity (Wildman–Crippen MR) is 116 cm³/mol. The summed E-state index contributed by atoms with van der Waals surface area (Å²) in [5, 5.41) is 34.5. The van der Waals surface area contributed by atoms with Gasteiger partial charge in [-0.05, 0) is 12.1 Å². The molecule has 180 valence electrons. The number of carbonyl (C=O) groups is 4. The van der Waals surface area contributed by atoms with Gasteiger partial charge in [0.25, 0.3) is 5.69 Å². The van der Waals surface area contributed by atoms with Gasteiger partial charge >= 0.3 is 11.9 Å². The molecule has 0 fully saturated rings. The minimum Gasteiger partial charge on any atom is -0.480 e. The topological polar surface area (TPSA) is 192 Å². The van der Waals surface area contributed by atoms with Crippen LogP contribution in [0.1, 0.15) is 23.7 Å². The van der Waals surface area contributed by atoms with Gasteiger partial charge < -0.3 is 20.8 Å². The van der Waals surface area contributed by atoms with Crippen molar-refractivity contribution in [3.63, 3.8) is 0 Å². The molecule has 0 aliphatic heterocycles. The second-order valence-electron chi connectivity index (χ2n) is 7.17. The molecular formula is C21H23N5O8. The quantitative estimate of drug-likeness (QED) is 0.233. The van der Waals surface area contributed by atoms with E-state index >= 15 is 0 Å². The molecule has 0 aliphatic carbocycles. The van der Waals surface area contributed by atoms with E-state index < -0.39 is 54.4 Å². The lowest BCUT2D eigenvalue weighted by atomic mass is 10.0. The first kappa shape index (κ1) is 25.9. The van der Waals surface area contributed by atoms with Crippen molar-refractivity contribution in [2.45, 2.75) is 19.0 Å². The van der Waals surface area contributed by atoms with Gasteiger partial charge in [0.1, 0.15) is 0 Å². The van der Waals surface area contributed by atoms with Crippen LogP contribution in [-0.4, -0.2) is 68.4 Å². The van der Waals surface area contributed by atoms with Gasteiger partial charge in [0.15, 0.2) is 0 Å². The Morgan fingerprint density at radius 2 is 1.62 bits per heavy atom. The summed E-state index contributed by atoms with van der Waals surface area (Å²) in [5.74, 6) is -4.00. The minimum atomic E-state index is -1.34. The van der Waals surface area contributed by atoms with E-state index in [1.165, 1.54) is 24.3 Å². The Morgan fingerprint density at radius 1 is 0.971 bits per heavy atom. The number of pyridine rings is 1. The number of nitro benzene ring substituents is 1. The lowest BCUT2D eigenvalue weighted by molar-refractivity contribution is -0.385. The number of aliphatic carboxylic acids is 2. The molecule has 13 heteroatoms. The summed E-state index contributed by atoms with van der Waals surface area (Å²) in [6.45, 7) is -1.92. The molecule has 1 aromatic heterocycles. The van der Waals surface area contributed by atoms with Gasteiger partial charge in [0, 0.05) is 12.3 Å². The van der Waals surface area contributed by atoms with Crippen LogP contribution in [0.15, 0.2) is 48.7 Å². The number of nitrogens with one attached hydrogen (secondary N) is 2. The molecule has 0 saturated carbocycles. The maximum atomic E-state index is 12.6. The van der Waals surface area contributed by atoms with Gasteiger partial charge in [-0.1, -0.05) is 24.3 Å². The number of carboxylic acids is 2. The van der Waals surface area contributed by atoms with Crippen LogP contribution in [0.2, 0.25) is 0 Å². The van der Waals surface area contributed by atoms with E-state index in [4.69, 9.17) is 10.2 Å². The molecule has 4 N–H and O–H groups in total. The monoisotopic (exact) mass is 473 g/mol. The zero-order valence-corrected chi connectivity index (χ0v) is 17.9. The number of para-hydroxylation sites is 1. The Morgan fingerprint density at radius 3 is 2.21 bits per heavy atom. The first-order chi connectivity index (χ1) is 16.2. The lowest BCUT2D eigenvalue weighted by Gasteiger charge is -2.22. The van der Waals surface area contributed by atoms with E-state index in [-0.39, 0.29) is 24.2 Å². The molecule has 34 heavy (non-hydrogen) atoms. The van der Waals surface area contributed by atoms with E-state index in [2.05, 4.69) is 15.6 Å². The fourth-order valence-electron chi connectivity index (χ4n) is 3.13. The van der Waals surface area contributed by atoms with Crippen LogP contribution in [0.4, 0.5) is 5.69 Å². The van der Waals surface area contributed by atoms with E-state index in [0.29, 0.717) is 5.69 Å². The highest BCUT2D eigenvalue weighted by Gasteiger charge is 2.27. The Balaban J connectivity index is 2.18. The standard InChI is InChI=1S/C21H23N5O8/c27-18(23-10-14-5-3-4-8-22-14)9-16(15-6-1-2-7-17(15)26(33)34)24-19(28)11-25(12-20(29)30)13-21(31)32/h1-8,16H,9-13H2,(H,23,27)(H,24,28)(H,29,30)(H,31,32). The maximum Gasteiger partial charge on any atom is 0.317 e. The number of hydrogen-bond donors (Lipinski definition) is 4. The van der Waals surface area contributed by atoms with Crippen molar-refractivity contribution in [2.75, 3.05) is 19.6 Å². The molecule has 0 bridgehead atoms. The van der Waals surface area contributed by atoms with Crippen LogP contribution in [0.25, 0.3) is 0 Å². The first-order valence-electron chi connectivity index (χ1n) is 10.0. The normalized spacial score (nSPS) is 11.4. The molecule has 0 saturated heterocycles. The zero-order chi connectivity index (χ0) is 25.1. The van der Waals surface area contributed by atoms with Gasteiger partial charge in [-0.2, -0.15) is 0 Å². The highest BCUT2D eigenvalue weighted by molar-refractivity contribution is 5.82. The van der Waals surface area contributed by atoms with Crippen molar-refractivity contribution in [1.82, 2.24) is 20.5 Å². The minimum absolute atomic E-state index is 0.0665. The summed E-state index contributed by atoms with van der Waals surface area (Å²) in [7, 11) is 0. The van der Waals surface area contributed by atoms with E-state index in [0.717, 1.165) is 4.90 Å². The van der Waals surface area contributed by atoms with Crippen molar-refractivity contribution in [3.8, 4) is 0 Å². The molecule has 0 radical (unpaired) electrons. The SMILES string of the molecule is O=C(O)CN(CC(=O)O)CC(=O)NC(CC(=O)NCc1ccccn1)c1ccccc1[N+](=O)[O-]. The largest absolute Gasteiger partial charge is 0.480 e. The molecule has 1 aromatic carbocycles.